The number of hydrogen-bond acceptors (Lipinski definition) is 5. The van der Waals surface area contributed by atoms with Gasteiger partial charge in [0.2, 0.25) is 0 Å². The van der Waals surface area contributed by atoms with E-state index in [1.807, 2.05) is 35.9 Å². The lowest BCUT2D eigenvalue weighted by Crippen LogP contribution is -2.42. The minimum absolute atomic E-state index is 0.0708. The maximum atomic E-state index is 13.2. The number of aromatic nitrogens is 5. The van der Waals surface area contributed by atoms with Crippen molar-refractivity contribution in [3.05, 3.63) is 51.6 Å². The van der Waals surface area contributed by atoms with Gasteiger partial charge in [0.05, 0.1) is 11.1 Å². The number of nitrogens with zero attached hydrogens (tertiary/aromatic N) is 5. The molecule has 2 atom stereocenters. The van der Waals surface area contributed by atoms with E-state index in [1.165, 1.54) is 6.42 Å². The second kappa shape index (κ2) is 7.37. The molecule has 3 aromatic rings. The molecule has 3 heterocycles. The van der Waals surface area contributed by atoms with Gasteiger partial charge in [-0.3, -0.25) is 9.69 Å². The van der Waals surface area contributed by atoms with Gasteiger partial charge in [0.1, 0.15) is 6.04 Å². The molecular formula is C22H30N6O. The van der Waals surface area contributed by atoms with Gasteiger partial charge in [0.25, 0.3) is 5.56 Å². The van der Waals surface area contributed by atoms with Crippen LogP contribution in [0.4, 0.5) is 0 Å². The number of likely N-dealkylation sites (tertiary alicyclic amines) is 1. The Morgan fingerprint density at radius 1 is 1.28 bits per heavy atom. The number of rotatable bonds is 3. The van der Waals surface area contributed by atoms with E-state index in [0.717, 1.165) is 41.8 Å². The molecule has 0 saturated carbocycles. The molecule has 1 aromatic carbocycles. The lowest BCUT2D eigenvalue weighted by molar-refractivity contribution is 0.137. The molecule has 7 nitrogen and oxygen atoms in total. The third kappa shape index (κ3) is 3.71. The summed E-state index contributed by atoms with van der Waals surface area (Å²) >= 11 is 0. The number of pyridine rings is 1. The molecule has 7 heteroatoms. The van der Waals surface area contributed by atoms with E-state index in [9.17, 15) is 4.79 Å². The maximum absolute atomic E-state index is 13.2. The van der Waals surface area contributed by atoms with Crippen LogP contribution < -0.4 is 5.56 Å². The van der Waals surface area contributed by atoms with Crippen molar-refractivity contribution < 1.29 is 0 Å². The maximum Gasteiger partial charge on any atom is 0.253 e. The largest absolute Gasteiger partial charge is 0.321 e. The fourth-order valence-corrected chi connectivity index (χ4v) is 4.41. The van der Waals surface area contributed by atoms with Crippen LogP contribution >= 0.6 is 0 Å². The molecule has 0 radical (unpaired) electrons. The van der Waals surface area contributed by atoms with Crippen molar-refractivity contribution >= 4 is 10.9 Å². The molecular weight excluding hydrogens is 364 g/mol. The second-order valence-electron chi connectivity index (χ2n) is 9.36. The van der Waals surface area contributed by atoms with Crippen LogP contribution in [0.2, 0.25) is 0 Å². The summed E-state index contributed by atoms with van der Waals surface area (Å²) in [5.41, 5.74) is 2.31. The lowest BCUT2D eigenvalue weighted by atomic mass is 9.95. The molecule has 1 saturated heterocycles. The number of H-pyrrole nitrogens is 1. The van der Waals surface area contributed by atoms with Crippen LogP contribution in [0.25, 0.3) is 10.9 Å². The molecule has 0 bridgehead atoms. The third-order valence-electron chi connectivity index (χ3n) is 5.84. The van der Waals surface area contributed by atoms with E-state index in [2.05, 4.69) is 53.1 Å². The average molecular weight is 395 g/mol. The first-order valence-electron chi connectivity index (χ1n) is 10.4. The third-order valence-corrected chi connectivity index (χ3v) is 5.84. The van der Waals surface area contributed by atoms with E-state index in [4.69, 9.17) is 0 Å². The Morgan fingerprint density at radius 3 is 2.79 bits per heavy atom. The smallest absolute Gasteiger partial charge is 0.253 e. The Bertz CT molecular complexity index is 1080. The Morgan fingerprint density at radius 2 is 2.07 bits per heavy atom. The number of tetrazole rings is 1. The zero-order chi connectivity index (χ0) is 20.8. The highest BCUT2D eigenvalue weighted by Gasteiger charge is 2.35. The normalized spacial score (nSPS) is 19.6. The van der Waals surface area contributed by atoms with Crippen molar-refractivity contribution in [2.24, 2.45) is 5.92 Å². The van der Waals surface area contributed by atoms with Gasteiger partial charge in [-0.2, -0.15) is 0 Å². The van der Waals surface area contributed by atoms with Gasteiger partial charge in [-0.1, -0.05) is 25.1 Å². The van der Waals surface area contributed by atoms with E-state index in [0.29, 0.717) is 11.5 Å². The summed E-state index contributed by atoms with van der Waals surface area (Å²) in [7, 11) is 0. The number of nitrogens with one attached hydrogen (secondary N) is 1. The van der Waals surface area contributed by atoms with Crippen molar-refractivity contribution in [3.63, 3.8) is 0 Å². The molecule has 29 heavy (non-hydrogen) atoms. The Balaban J connectivity index is 1.92. The van der Waals surface area contributed by atoms with E-state index in [-0.39, 0.29) is 17.1 Å². The number of para-hydroxylation sites is 1. The van der Waals surface area contributed by atoms with Crippen LogP contribution in [-0.2, 0) is 5.54 Å². The van der Waals surface area contributed by atoms with Gasteiger partial charge < -0.3 is 4.98 Å². The summed E-state index contributed by atoms with van der Waals surface area (Å²) < 4.78 is 1.86. The van der Waals surface area contributed by atoms with Crippen molar-refractivity contribution in [2.45, 2.75) is 59.0 Å². The predicted molar refractivity (Wildman–Crippen MR) is 114 cm³/mol. The molecule has 0 aliphatic carbocycles. The van der Waals surface area contributed by atoms with Crippen LogP contribution in [-0.4, -0.2) is 43.2 Å². The van der Waals surface area contributed by atoms with Crippen LogP contribution in [0, 0.1) is 12.8 Å². The molecule has 1 N–H and O–H groups in total. The molecule has 0 spiro atoms. The van der Waals surface area contributed by atoms with Crippen LogP contribution in [0.15, 0.2) is 29.1 Å². The van der Waals surface area contributed by atoms with Gasteiger partial charge in [-0.05, 0) is 80.4 Å². The monoisotopic (exact) mass is 394 g/mol. The Labute approximate surface area is 171 Å². The van der Waals surface area contributed by atoms with E-state index >= 15 is 0 Å². The van der Waals surface area contributed by atoms with Gasteiger partial charge in [-0.15, -0.1) is 5.10 Å². The summed E-state index contributed by atoms with van der Waals surface area (Å²) in [6.07, 6.45) is 2.32. The van der Waals surface area contributed by atoms with E-state index in [1.54, 1.807) is 0 Å². The van der Waals surface area contributed by atoms with Crippen molar-refractivity contribution in [3.8, 4) is 0 Å². The van der Waals surface area contributed by atoms with Gasteiger partial charge in [0, 0.05) is 12.1 Å². The highest BCUT2D eigenvalue weighted by molar-refractivity contribution is 5.82. The van der Waals surface area contributed by atoms with Crippen LogP contribution in [0.5, 0.6) is 0 Å². The topological polar surface area (TPSA) is 79.7 Å². The predicted octanol–water partition coefficient (Wildman–Crippen LogP) is 3.40. The number of piperidine rings is 1. The summed E-state index contributed by atoms with van der Waals surface area (Å²) in [6, 6.07) is 7.83. The minimum atomic E-state index is -0.279. The number of aryl methyl sites for hydroxylation is 1. The quantitative estimate of drug-likeness (QED) is 0.736. The van der Waals surface area contributed by atoms with Gasteiger partial charge in [-0.25, -0.2) is 4.68 Å². The molecule has 1 fully saturated rings. The van der Waals surface area contributed by atoms with Gasteiger partial charge >= 0.3 is 0 Å². The fourth-order valence-electron chi connectivity index (χ4n) is 4.41. The molecule has 1 aliphatic rings. The fraction of sp³-hybridized carbons (Fsp3) is 0.545. The minimum Gasteiger partial charge on any atom is -0.321 e. The molecule has 0 unspecified atom stereocenters. The number of benzene rings is 1. The molecule has 2 aromatic heterocycles. The summed E-state index contributed by atoms with van der Waals surface area (Å²) in [5, 5.41) is 13.7. The first-order valence-corrected chi connectivity index (χ1v) is 10.4. The number of fused-ring (bicyclic) bond motifs is 1. The second-order valence-corrected chi connectivity index (χ2v) is 9.36. The van der Waals surface area contributed by atoms with Crippen LogP contribution in [0.3, 0.4) is 0 Å². The first kappa shape index (κ1) is 19.8. The SMILES string of the molecule is Cc1cccc2cc([C@H](c3nnnn3C(C)(C)C)N3CCC[C@@H](C)C3)c(=O)[nH]c12. The van der Waals surface area contributed by atoms with Gasteiger partial charge in [0.15, 0.2) is 5.82 Å². The number of aromatic amines is 1. The van der Waals surface area contributed by atoms with Crippen LogP contribution in [0.1, 0.15) is 63.5 Å². The zero-order valence-corrected chi connectivity index (χ0v) is 17.9. The molecule has 1 aliphatic heterocycles. The summed E-state index contributed by atoms with van der Waals surface area (Å²) in [5.74, 6) is 1.30. The Kier molecular flexibility index (Phi) is 5.02. The lowest BCUT2D eigenvalue weighted by Gasteiger charge is -2.37. The summed E-state index contributed by atoms with van der Waals surface area (Å²) in [6.45, 7) is 12.4. The molecule has 0 amide bonds. The highest BCUT2D eigenvalue weighted by Crippen LogP contribution is 2.32. The van der Waals surface area contributed by atoms with Crippen molar-refractivity contribution in [2.75, 3.05) is 13.1 Å². The van der Waals surface area contributed by atoms with Crippen molar-refractivity contribution in [1.82, 2.24) is 30.1 Å². The van der Waals surface area contributed by atoms with E-state index < -0.39 is 0 Å². The van der Waals surface area contributed by atoms with Crippen molar-refractivity contribution in [1.29, 1.82) is 0 Å². The zero-order valence-electron chi connectivity index (χ0n) is 17.9. The standard InChI is InChI=1S/C22H30N6O/c1-14-8-7-11-27(13-14)19(20-24-25-26-28(20)22(3,4)5)17-12-16-10-6-9-15(2)18(16)23-21(17)29/h6,9-10,12,14,19H,7-8,11,13H2,1-5H3,(H,23,29)/t14-,19-/m1/s1. The summed E-state index contributed by atoms with van der Waals surface area (Å²) in [4.78, 5) is 18.7. The number of hydrogen-bond donors (Lipinski definition) is 1. The highest BCUT2D eigenvalue weighted by atomic mass is 16.1. The first-order chi connectivity index (χ1) is 13.8. The average Bonchev–Trinajstić information content (AvgIpc) is 3.13. The Hall–Kier alpha value is -2.54. The molecule has 154 valence electrons. The molecule has 4 rings (SSSR count).